The van der Waals surface area contributed by atoms with E-state index in [1.54, 1.807) is 35.2 Å². The van der Waals surface area contributed by atoms with Crippen molar-refractivity contribution in [2.75, 3.05) is 6.26 Å². The van der Waals surface area contributed by atoms with Crippen LogP contribution < -0.4 is 5.73 Å². The Morgan fingerprint density at radius 2 is 1.81 bits per heavy atom. The molecule has 2 unspecified atom stereocenters. The van der Waals surface area contributed by atoms with E-state index in [1.807, 2.05) is 19.1 Å². The highest BCUT2D eigenvalue weighted by molar-refractivity contribution is 7.99. The molecule has 0 fully saturated rings. The Morgan fingerprint density at radius 1 is 1.19 bits per heavy atom. The second kappa shape index (κ2) is 6.52. The topological polar surface area (TPSA) is 60.2 Å². The Hall–Kier alpha value is -0.820. The van der Waals surface area contributed by atoms with E-state index in [0.29, 0.717) is 4.90 Å². The van der Waals surface area contributed by atoms with E-state index in [2.05, 4.69) is 18.4 Å². The molecule has 0 radical (unpaired) electrons. The number of hydrogen-bond acceptors (Lipinski definition) is 5. The van der Waals surface area contributed by atoms with Crippen LogP contribution in [0.3, 0.4) is 0 Å². The Kier molecular flexibility index (Phi) is 5.14. The van der Waals surface area contributed by atoms with Crippen LogP contribution in [-0.4, -0.2) is 20.7 Å². The van der Waals surface area contributed by atoms with E-state index in [0.717, 1.165) is 4.90 Å². The van der Waals surface area contributed by atoms with Gasteiger partial charge in [-0.1, -0.05) is 0 Å². The summed E-state index contributed by atoms with van der Waals surface area (Å²) in [7, 11) is -3.15. The Balaban J connectivity index is 2.24. The van der Waals surface area contributed by atoms with Gasteiger partial charge in [0.15, 0.2) is 9.84 Å². The maximum atomic E-state index is 11.5. The summed E-state index contributed by atoms with van der Waals surface area (Å²) in [5.74, 6) is 0. The number of rotatable bonds is 5. The lowest BCUT2D eigenvalue weighted by molar-refractivity contribution is 0.602. The van der Waals surface area contributed by atoms with Crippen molar-refractivity contribution in [3.63, 3.8) is 0 Å². The molecule has 1 aromatic heterocycles. The van der Waals surface area contributed by atoms with Gasteiger partial charge in [-0.25, -0.2) is 8.42 Å². The van der Waals surface area contributed by atoms with Crippen LogP contribution in [0.1, 0.15) is 22.6 Å². The van der Waals surface area contributed by atoms with Gasteiger partial charge >= 0.3 is 0 Å². The van der Waals surface area contributed by atoms with Gasteiger partial charge < -0.3 is 5.73 Å². The van der Waals surface area contributed by atoms with Crippen LogP contribution in [0, 0.1) is 6.92 Å². The largest absolute Gasteiger partial charge is 0.327 e. The highest BCUT2D eigenvalue weighted by atomic mass is 32.2. The minimum atomic E-state index is -3.15. The Bertz CT molecular complexity index is 703. The van der Waals surface area contributed by atoms with E-state index >= 15 is 0 Å². The first kappa shape index (κ1) is 16.5. The molecule has 0 aliphatic heterocycles. The molecule has 2 N–H and O–H groups in total. The molecule has 0 aliphatic carbocycles. The zero-order valence-electron chi connectivity index (χ0n) is 12.2. The quantitative estimate of drug-likeness (QED) is 0.844. The van der Waals surface area contributed by atoms with Crippen molar-refractivity contribution in [1.29, 1.82) is 0 Å². The molecule has 0 saturated carbocycles. The lowest BCUT2D eigenvalue weighted by Crippen LogP contribution is -2.22. The van der Waals surface area contributed by atoms with Gasteiger partial charge in [-0.05, 0) is 55.1 Å². The zero-order valence-corrected chi connectivity index (χ0v) is 14.7. The van der Waals surface area contributed by atoms with Gasteiger partial charge in [0.2, 0.25) is 0 Å². The van der Waals surface area contributed by atoms with Gasteiger partial charge in [-0.3, -0.25) is 0 Å². The molecule has 21 heavy (non-hydrogen) atoms. The van der Waals surface area contributed by atoms with E-state index in [1.165, 1.54) is 16.7 Å². The van der Waals surface area contributed by atoms with Crippen molar-refractivity contribution in [3.05, 3.63) is 46.2 Å². The summed E-state index contributed by atoms with van der Waals surface area (Å²) < 4.78 is 23.0. The minimum absolute atomic E-state index is 0.0157. The first-order valence-corrected chi connectivity index (χ1v) is 10.2. The summed E-state index contributed by atoms with van der Waals surface area (Å²) in [4.78, 5) is 2.65. The molecule has 0 spiro atoms. The summed E-state index contributed by atoms with van der Waals surface area (Å²) in [6.07, 6.45) is 1.22. The van der Waals surface area contributed by atoms with E-state index < -0.39 is 9.84 Å². The number of hydrogen-bond donors (Lipinski definition) is 1. The standard InChI is InChI=1S/C15H19NO2S3/c1-10-8-9-19-14(10)15(11(2)16)20-12-4-6-13(7-5-12)21(3,17)18/h4-9,11,15H,16H2,1-3H3. The molecule has 2 rings (SSSR count). The van der Waals surface area contributed by atoms with Crippen molar-refractivity contribution < 1.29 is 8.42 Å². The first-order valence-electron chi connectivity index (χ1n) is 6.55. The maximum absolute atomic E-state index is 11.5. The number of thioether (sulfide) groups is 1. The third-order valence-corrected chi connectivity index (χ3v) is 7.00. The molecular formula is C15H19NO2S3. The zero-order chi connectivity index (χ0) is 15.6. The van der Waals surface area contributed by atoms with Crippen LogP contribution in [0.5, 0.6) is 0 Å². The number of aryl methyl sites for hydroxylation is 1. The van der Waals surface area contributed by atoms with E-state index in [-0.39, 0.29) is 11.3 Å². The predicted octanol–water partition coefficient (Wildman–Crippen LogP) is 3.64. The number of thiophene rings is 1. The fourth-order valence-corrected chi connectivity index (χ4v) is 5.04. The molecule has 0 bridgehead atoms. The summed E-state index contributed by atoms with van der Waals surface area (Å²) in [5.41, 5.74) is 7.39. The summed E-state index contributed by atoms with van der Waals surface area (Å²) >= 11 is 3.39. The van der Waals surface area contributed by atoms with Crippen LogP contribution in [0.2, 0.25) is 0 Å². The molecular weight excluding hydrogens is 322 g/mol. The van der Waals surface area contributed by atoms with E-state index in [4.69, 9.17) is 5.73 Å². The smallest absolute Gasteiger partial charge is 0.175 e. The normalized spacial score (nSPS) is 14.9. The minimum Gasteiger partial charge on any atom is -0.327 e. The fraction of sp³-hybridized carbons (Fsp3) is 0.333. The Morgan fingerprint density at radius 3 is 2.24 bits per heavy atom. The van der Waals surface area contributed by atoms with Gasteiger partial charge in [0.25, 0.3) is 0 Å². The maximum Gasteiger partial charge on any atom is 0.175 e. The second-order valence-electron chi connectivity index (χ2n) is 5.11. The number of sulfone groups is 1. The highest BCUT2D eigenvalue weighted by Crippen LogP contribution is 2.41. The highest BCUT2D eigenvalue weighted by Gasteiger charge is 2.21. The van der Waals surface area contributed by atoms with Crippen molar-refractivity contribution in [2.45, 2.75) is 34.9 Å². The molecule has 0 aliphatic rings. The van der Waals surface area contributed by atoms with Gasteiger partial charge in [0.05, 0.1) is 10.1 Å². The van der Waals surface area contributed by atoms with Gasteiger partial charge in [-0.2, -0.15) is 0 Å². The second-order valence-corrected chi connectivity index (χ2v) is 9.29. The SMILES string of the molecule is Cc1ccsc1C(Sc1ccc(S(C)(=O)=O)cc1)C(C)N. The summed E-state index contributed by atoms with van der Waals surface area (Å²) in [6.45, 7) is 4.09. The lowest BCUT2D eigenvalue weighted by Gasteiger charge is -2.20. The molecule has 1 aromatic carbocycles. The monoisotopic (exact) mass is 341 g/mol. The molecule has 0 amide bonds. The van der Waals surface area contributed by atoms with Crippen molar-refractivity contribution >= 4 is 32.9 Å². The molecule has 3 nitrogen and oxygen atoms in total. The number of nitrogens with two attached hydrogens (primary N) is 1. The lowest BCUT2D eigenvalue weighted by atomic mass is 10.1. The predicted molar refractivity (Wildman–Crippen MR) is 90.9 cm³/mol. The van der Waals surface area contributed by atoms with Crippen LogP contribution in [0.15, 0.2) is 45.5 Å². The van der Waals surface area contributed by atoms with Crippen molar-refractivity contribution in [1.82, 2.24) is 0 Å². The van der Waals surface area contributed by atoms with Crippen LogP contribution in [0.4, 0.5) is 0 Å². The molecule has 1 heterocycles. The van der Waals surface area contributed by atoms with Gasteiger partial charge in [0, 0.05) is 22.1 Å². The third-order valence-electron chi connectivity index (χ3n) is 3.15. The molecule has 2 atom stereocenters. The molecule has 114 valence electrons. The van der Waals surface area contributed by atoms with Crippen molar-refractivity contribution in [2.24, 2.45) is 5.73 Å². The fourth-order valence-electron chi connectivity index (χ4n) is 1.99. The Labute approximate surface area is 134 Å². The van der Waals surface area contributed by atoms with E-state index in [9.17, 15) is 8.42 Å². The van der Waals surface area contributed by atoms with Gasteiger partial charge in [0.1, 0.15) is 0 Å². The first-order chi connectivity index (χ1) is 9.79. The molecule has 0 saturated heterocycles. The molecule has 2 aromatic rings. The average Bonchev–Trinajstić information content (AvgIpc) is 2.81. The summed E-state index contributed by atoms with van der Waals surface area (Å²) in [5, 5.41) is 2.25. The molecule has 6 heteroatoms. The summed E-state index contributed by atoms with van der Waals surface area (Å²) in [6, 6.07) is 9.11. The van der Waals surface area contributed by atoms with Crippen molar-refractivity contribution in [3.8, 4) is 0 Å². The van der Waals surface area contributed by atoms with Crippen LogP contribution in [0.25, 0.3) is 0 Å². The number of benzene rings is 1. The van der Waals surface area contributed by atoms with Gasteiger partial charge in [-0.15, -0.1) is 23.1 Å². The third kappa shape index (κ3) is 4.10. The van der Waals surface area contributed by atoms with Crippen LogP contribution in [-0.2, 0) is 9.84 Å². The average molecular weight is 342 g/mol. The van der Waals surface area contributed by atoms with Crippen LogP contribution >= 0.6 is 23.1 Å².